The fourth-order valence-corrected chi connectivity index (χ4v) is 2.18. The van der Waals surface area contributed by atoms with E-state index >= 15 is 0 Å². The van der Waals surface area contributed by atoms with Crippen LogP contribution in [0.25, 0.3) is 0 Å². The van der Waals surface area contributed by atoms with Crippen LogP contribution in [0.4, 0.5) is 0 Å². The van der Waals surface area contributed by atoms with Crippen LogP contribution in [0.15, 0.2) is 0 Å². The molecule has 0 radical (unpaired) electrons. The van der Waals surface area contributed by atoms with Crippen LogP contribution in [0.2, 0.25) is 0 Å². The van der Waals surface area contributed by atoms with E-state index in [0.29, 0.717) is 10.8 Å². The molecular formula is C10H23NS. The first-order chi connectivity index (χ1) is 5.37. The second-order valence-corrected chi connectivity index (χ2v) is 6.41. The Kier molecular flexibility index (Phi) is 5.26. The molecule has 0 aromatic carbocycles. The Balaban J connectivity index is 3.73. The second kappa shape index (κ2) is 5.13. The lowest BCUT2D eigenvalue weighted by Gasteiger charge is -2.24. The van der Waals surface area contributed by atoms with Crippen LogP contribution in [0.3, 0.4) is 0 Å². The molecule has 74 valence electrons. The van der Waals surface area contributed by atoms with E-state index in [9.17, 15) is 0 Å². The van der Waals surface area contributed by atoms with Gasteiger partial charge < -0.3 is 5.32 Å². The van der Waals surface area contributed by atoms with Gasteiger partial charge in [0.25, 0.3) is 0 Å². The molecule has 0 rings (SSSR count). The normalized spacial score (nSPS) is 15.2. The molecular weight excluding hydrogens is 166 g/mol. The highest BCUT2D eigenvalue weighted by Gasteiger charge is 2.16. The van der Waals surface area contributed by atoms with Crippen molar-refractivity contribution in [3.63, 3.8) is 0 Å². The average Bonchev–Trinajstić information content (AvgIpc) is 1.85. The van der Waals surface area contributed by atoms with Crippen molar-refractivity contribution in [2.45, 2.75) is 45.4 Å². The highest BCUT2D eigenvalue weighted by Crippen LogP contribution is 2.24. The van der Waals surface area contributed by atoms with E-state index in [1.54, 1.807) is 0 Å². The van der Waals surface area contributed by atoms with Crippen molar-refractivity contribution in [2.24, 2.45) is 5.92 Å². The fraction of sp³-hybridized carbons (Fsp3) is 1.00. The molecule has 0 fully saturated rings. The average molecular weight is 189 g/mol. The summed E-state index contributed by atoms with van der Waals surface area (Å²) < 4.78 is 0.393. The van der Waals surface area contributed by atoms with E-state index in [-0.39, 0.29) is 0 Å². The molecule has 0 heterocycles. The van der Waals surface area contributed by atoms with Gasteiger partial charge in [0.05, 0.1) is 0 Å². The summed E-state index contributed by atoms with van der Waals surface area (Å²) in [6.07, 6.45) is 0. The van der Waals surface area contributed by atoms with E-state index in [2.05, 4.69) is 39.9 Å². The zero-order valence-corrected chi connectivity index (χ0v) is 10.1. The highest BCUT2D eigenvalue weighted by molar-refractivity contribution is 8.00. The Hall–Kier alpha value is 0.310. The van der Waals surface area contributed by atoms with Crippen molar-refractivity contribution < 1.29 is 0 Å². The third kappa shape index (κ3) is 5.90. The molecule has 1 nitrogen and oxygen atoms in total. The lowest BCUT2D eigenvalue weighted by Crippen LogP contribution is -2.34. The zero-order chi connectivity index (χ0) is 9.78. The summed E-state index contributed by atoms with van der Waals surface area (Å²) in [6, 6.07) is 0.647. The number of hydrogen-bond donors (Lipinski definition) is 1. The van der Waals surface area contributed by atoms with Gasteiger partial charge in [-0.15, -0.1) is 0 Å². The minimum Gasteiger partial charge on any atom is -0.316 e. The Morgan fingerprint density at radius 1 is 1.25 bits per heavy atom. The van der Waals surface area contributed by atoms with Crippen LogP contribution in [0, 0.1) is 5.92 Å². The SMILES string of the molecule is CNC(CSC(C)(C)C)C(C)C. The Bertz CT molecular complexity index is 115. The van der Waals surface area contributed by atoms with E-state index in [4.69, 9.17) is 0 Å². The van der Waals surface area contributed by atoms with Gasteiger partial charge in [-0.3, -0.25) is 0 Å². The van der Waals surface area contributed by atoms with Gasteiger partial charge in [0.15, 0.2) is 0 Å². The molecule has 0 aromatic heterocycles. The van der Waals surface area contributed by atoms with Gasteiger partial charge >= 0.3 is 0 Å². The minimum absolute atomic E-state index is 0.393. The maximum Gasteiger partial charge on any atom is 0.0178 e. The minimum atomic E-state index is 0.393. The molecule has 0 aromatic rings. The van der Waals surface area contributed by atoms with E-state index < -0.39 is 0 Å². The Labute approximate surface area is 81.7 Å². The van der Waals surface area contributed by atoms with Gasteiger partial charge in [0.1, 0.15) is 0 Å². The third-order valence-electron chi connectivity index (χ3n) is 1.87. The van der Waals surface area contributed by atoms with Gasteiger partial charge in [-0.1, -0.05) is 34.6 Å². The highest BCUT2D eigenvalue weighted by atomic mass is 32.2. The van der Waals surface area contributed by atoms with E-state index in [0.717, 1.165) is 5.92 Å². The summed E-state index contributed by atoms with van der Waals surface area (Å²) in [5.74, 6) is 1.93. The molecule has 0 bridgehead atoms. The summed E-state index contributed by atoms with van der Waals surface area (Å²) in [4.78, 5) is 0. The van der Waals surface area contributed by atoms with Gasteiger partial charge in [-0.05, 0) is 13.0 Å². The summed E-state index contributed by atoms with van der Waals surface area (Å²) in [5, 5.41) is 3.35. The molecule has 1 N–H and O–H groups in total. The molecule has 0 amide bonds. The van der Waals surface area contributed by atoms with Gasteiger partial charge in [0.2, 0.25) is 0 Å². The first-order valence-corrected chi connectivity index (χ1v) is 5.66. The Morgan fingerprint density at radius 2 is 1.75 bits per heavy atom. The fourth-order valence-electron chi connectivity index (χ4n) is 0.949. The number of hydrogen-bond acceptors (Lipinski definition) is 2. The second-order valence-electron chi connectivity index (χ2n) is 4.56. The molecule has 0 spiro atoms. The maximum atomic E-state index is 3.35. The lowest BCUT2D eigenvalue weighted by atomic mass is 10.1. The molecule has 0 aliphatic carbocycles. The Morgan fingerprint density at radius 3 is 2.00 bits per heavy atom. The van der Waals surface area contributed by atoms with Crippen molar-refractivity contribution >= 4 is 11.8 Å². The molecule has 1 unspecified atom stereocenters. The monoisotopic (exact) mass is 189 g/mol. The summed E-state index contributed by atoms with van der Waals surface area (Å²) in [5.41, 5.74) is 0. The molecule has 1 atom stereocenters. The van der Waals surface area contributed by atoms with Gasteiger partial charge in [-0.25, -0.2) is 0 Å². The van der Waals surface area contributed by atoms with Crippen LogP contribution < -0.4 is 5.32 Å². The van der Waals surface area contributed by atoms with Crippen LogP contribution >= 0.6 is 11.8 Å². The number of thioether (sulfide) groups is 1. The zero-order valence-electron chi connectivity index (χ0n) is 9.27. The van der Waals surface area contributed by atoms with Gasteiger partial charge in [-0.2, -0.15) is 11.8 Å². The topological polar surface area (TPSA) is 12.0 Å². The molecule has 0 aliphatic rings. The summed E-state index contributed by atoms with van der Waals surface area (Å²) in [6.45, 7) is 11.3. The van der Waals surface area contributed by atoms with E-state index in [1.165, 1.54) is 5.75 Å². The van der Waals surface area contributed by atoms with Crippen molar-refractivity contribution in [3.8, 4) is 0 Å². The maximum absolute atomic E-state index is 3.35. The summed E-state index contributed by atoms with van der Waals surface area (Å²) in [7, 11) is 2.05. The molecule has 0 saturated heterocycles. The molecule has 0 saturated carbocycles. The van der Waals surface area contributed by atoms with Crippen molar-refractivity contribution in [1.29, 1.82) is 0 Å². The lowest BCUT2D eigenvalue weighted by molar-refractivity contribution is 0.464. The van der Waals surface area contributed by atoms with Crippen molar-refractivity contribution in [3.05, 3.63) is 0 Å². The molecule has 2 heteroatoms. The molecule has 12 heavy (non-hydrogen) atoms. The van der Waals surface area contributed by atoms with Gasteiger partial charge in [0, 0.05) is 16.5 Å². The van der Waals surface area contributed by atoms with Crippen molar-refractivity contribution in [1.82, 2.24) is 5.32 Å². The van der Waals surface area contributed by atoms with Crippen molar-refractivity contribution in [2.75, 3.05) is 12.8 Å². The smallest absolute Gasteiger partial charge is 0.0178 e. The predicted octanol–water partition coefficient (Wildman–Crippen LogP) is 2.76. The standard InChI is InChI=1S/C10H23NS/c1-8(2)9(11-6)7-12-10(3,4)5/h8-9,11H,7H2,1-6H3. The number of nitrogens with one attached hydrogen (secondary N) is 1. The predicted molar refractivity (Wildman–Crippen MR) is 59.9 cm³/mol. The summed E-state index contributed by atoms with van der Waals surface area (Å²) >= 11 is 2.03. The number of rotatable bonds is 4. The quantitative estimate of drug-likeness (QED) is 0.730. The van der Waals surface area contributed by atoms with Crippen LogP contribution in [-0.4, -0.2) is 23.6 Å². The third-order valence-corrected chi connectivity index (χ3v) is 3.26. The van der Waals surface area contributed by atoms with Crippen LogP contribution in [0.1, 0.15) is 34.6 Å². The van der Waals surface area contributed by atoms with Crippen LogP contribution in [-0.2, 0) is 0 Å². The molecule has 0 aliphatic heterocycles. The van der Waals surface area contributed by atoms with Crippen LogP contribution in [0.5, 0.6) is 0 Å². The first-order valence-electron chi connectivity index (χ1n) is 4.68. The largest absolute Gasteiger partial charge is 0.316 e. The van der Waals surface area contributed by atoms with E-state index in [1.807, 2.05) is 18.8 Å². The first kappa shape index (κ1) is 12.3.